The van der Waals surface area contributed by atoms with Crippen molar-refractivity contribution in [3.05, 3.63) is 0 Å². The number of hydrogen-bond donors (Lipinski definition) is 0. The first-order valence-corrected chi connectivity index (χ1v) is 4.25. The fourth-order valence-corrected chi connectivity index (χ4v) is 0.761. The normalized spacial score (nSPS) is 9.83. The molecule has 0 N–H and O–H groups in total. The predicted molar refractivity (Wildman–Crippen MR) is 46.0 cm³/mol. The minimum Gasteiger partial charge on any atom is -0.374 e. The highest BCUT2D eigenvalue weighted by atomic mass is 16.5. The second-order valence-electron chi connectivity index (χ2n) is 2.82. The lowest BCUT2D eigenvalue weighted by molar-refractivity contribution is -0.128. The van der Waals surface area contributed by atoms with E-state index in [0.29, 0.717) is 6.61 Å². The predicted octanol–water partition coefficient (Wildman–Crippen LogP) is 1.35. The number of Topliss-reactive ketones (excluding diaryl/α,β-unsaturated/α-hetero) is 2. The molecule has 0 unspecified atom stereocenters. The van der Waals surface area contributed by atoms with Gasteiger partial charge in [-0.05, 0) is 13.3 Å². The van der Waals surface area contributed by atoms with Gasteiger partial charge in [0.1, 0.15) is 12.4 Å². The molecule has 0 heterocycles. The molecule has 70 valence electrons. The first-order valence-electron chi connectivity index (χ1n) is 4.25. The van der Waals surface area contributed by atoms with Gasteiger partial charge in [-0.15, -0.1) is 0 Å². The van der Waals surface area contributed by atoms with Crippen molar-refractivity contribution in [3.63, 3.8) is 0 Å². The summed E-state index contributed by atoms with van der Waals surface area (Å²) in [6.45, 7) is 4.16. The lowest BCUT2D eigenvalue weighted by atomic mass is 10.2. The maximum absolute atomic E-state index is 10.9. The van der Waals surface area contributed by atoms with Gasteiger partial charge in [-0.1, -0.05) is 13.3 Å². The van der Waals surface area contributed by atoms with Crippen molar-refractivity contribution in [2.24, 2.45) is 0 Å². The van der Waals surface area contributed by atoms with Gasteiger partial charge < -0.3 is 4.74 Å². The first kappa shape index (κ1) is 11.3. The van der Waals surface area contributed by atoms with Crippen LogP contribution >= 0.6 is 0 Å². The van der Waals surface area contributed by atoms with Crippen molar-refractivity contribution >= 4 is 11.6 Å². The molecule has 0 amide bonds. The van der Waals surface area contributed by atoms with Gasteiger partial charge in [0.2, 0.25) is 0 Å². The van der Waals surface area contributed by atoms with Crippen LogP contribution in [0.4, 0.5) is 0 Å². The van der Waals surface area contributed by atoms with E-state index in [9.17, 15) is 9.59 Å². The molecule has 0 spiro atoms. The summed E-state index contributed by atoms with van der Waals surface area (Å²) in [5.41, 5.74) is 0. The average Bonchev–Trinajstić information content (AvgIpc) is 1.97. The Balaban J connectivity index is 3.26. The van der Waals surface area contributed by atoms with Gasteiger partial charge in [0.15, 0.2) is 5.78 Å². The third kappa shape index (κ3) is 7.41. The van der Waals surface area contributed by atoms with Crippen LogP contribution in [0.2, 0.25) is 0 Å². The highest BCUT2D eigenvalue weighted by molar-refractivity contribution is 5.98. The Bertz CT molecular complexity index is 152. The zero-order valence-corrected chi connectivity index (χ0v) is 7.76. The summed E-state index contributed by atoms with van der Waals surface area (Å²) in [5.74, 6) is -0.224. The van der Waals surface area contributed by atoms with Gasteiger partial charge in [0, 0.05) is 6.61 Å². The molecular weight excluding hydrogens is 156 g/mol. The van der Waals surface area contributed by atoms with E-state index in [2.05, 4.69) is 6.92 Å². The van der Waals surface area contributed by atoms with E-state index < -0.39 is 0 Å². The highest BCUT2D eigenvalue weighted by Crippen LogP contribution is 1.90. The molecule has 0 aromatic carbocycles. The van der Waals surface area contributed by atoms with Crippen LogP contribution in [-0.2, 0) is 14.3 Å². The molecule has 3 heteroatoms. The Morgan fingerprint density at radius 3 is 2.50 bits per heavy atom. The Kier molecular flexibility index (Phi) is 6.57. The molecule has 12 heavy (non-hydrogen) atoms. The summed E-state index contributed by atoms with van der Waals surface area (Å²) in [7, 11) is 0. The maximum Gasteiger partial charge on any atom is 0.165 e. The number of hydrogen-bond acceptors (Lipinski definition) is 3. The third-order valence-corrected chi connectivity index (χ3v) is 1.35. The third-order valence-electron chi connectivity index (χ3n) is 1.35. The molecule has 0 atom stereocenters. The summed E-state index contributed by atoms with van der Waals surface area (Å²) in [4.78, 5) is 21.3. The van der Waals surface area contributed by atoms with Crippen LogP contribution in [0, 0.1) is 0 Å². The molecule has 0 aliphatic rings. The van der Waals surface area contributed by atoms with E-state index >= 15 is 0 Å². The van der Waals surface area contributed by atoms with Crippen LogP contribution in [0.1, 0.15) is 33.1 Å². The van der Waals surface area contributed by atoms with Crippen LogP contribution in [0.5, 0.6) is 0 Å². The Hall–Kier alpha value is -0.700. The molecule has 0 radical (unpaired) electrons. The van der Waals surface area contributed by atoms with Crippen molar-refractivity contribution in [2.45, 2.75) is 33.1 Å². The molecule has 0 aromatic heterocycles. The van der Waals surface area contributed by atoms with Crippen molar-refractivity contribution in [1.82, 2.24) is 0 Å². The molecule has 0 aliphatic carbocycles. The van der Waals surface area contributed by atoms with Crippen LogP contribution in [0.25, 0.3) is 0 Å². The quantitative estimate of drug-likeness (QED) is 0.430. The summed E-state index contributed by atoms with van der Waals surface area (Å²) >= 11 is 0. The maximum atomic E-state index is 10.9. The molecule has 0 rings (SSSR count). The number of unbranched alkanes of at least 4 members (excludes halogenated alkanes) is 1. The second kappa shape index (κ2) is 6.98. The van der Waals surface area contributed by atoms with Crippen molar-refractivity contribution in [2.75, 3.05) is 13.2 Å². The summed E-state index contributed by atoms with van der Waals surface area (Å²) < 4.78 is 5.03. The lowest BCUT2D eigenvalue weighted by Gasteiger charge is -2.00. The fourth-order valence-electron chi connectivity index (χ4n) is 0.761. The number of carbonyl (C=O) groups excluding carboxylic acids is 2. The average molecular weight is 172 g/mol. The number of ketones is 2. The molecule has 3 nitrogen and oxygen atoms in total. The van der Waals surface area contributed by atoms with Gasteiger partial charge in [0.25, 0.3) is 0 Å². The van der Waals surface area contributed by atoms with Crippen LogP contribution < -0.4 is 0 Å². The summed E-state index contributed by atoms with van der Waals surface area (Å²) in [5, 5.41) is 0. The zero-order chi connectivity index (χ0) is 9.40. The van der Waals surface area contributed by atoms with Crippen molar-refractivity contribution in [1.29, 1.82) is 0 Å². The molecule has 0 saturated heterocycles. The molecular formula is C9H16O3. The van der Waals surface area contributed by atoms with Gasteiger partial charge >= 0.3 is 0 Å². The molecule has 0 fully saturated rings. The summed E-state index contributed by atoms with van der Waals surface area (Å²) in [6.07, 6.45) is 2.03. The van der Waals surface area contributed by atoms with Crippen molar-refractivity contribution < 1.29 is 14.3 Å². The minimum absolute atomic E-state index is 0.00608. The molecule has 0 saturated carbocycles. The topological polar surface area (TPSA) is 43.4 Å². The minimum atomic E-state index is -0.126. The van der Waals surface area contributed by atoms with Crippen LogP contribution in [0.3, 0.4) is 0 Å². The molecule has 0 bridgehead atoms. The van der Waals surface area contributed by atoms with Crippen LogP contribution in [-0.4, -0.2) is 24.8 Å². The summed E-state index contributed by atoms with van der Waals surface area (Å²) in [6, 6.07) is 0. The van der Waals surface area contributed by atoms with E-state index in [0.717, 1.165) is 12.8 Å². The number of ether oxygens (including phenoxy) is 1. The van der Waals surface area contributed by atoms with Gasteiger partial charge in [-0.25, -0.2) is 0 Å². The van der Waals surface area contributed by atoms with Crippen molar-refractivity contribution in [3.8, 4) is 0 Å². The van der Waals surface area contributed by atoms with Gasteiger partial charge in [0.05, 0.1) is 6.42 Å². The highest BCUT2D eigenvalue weighted by Gasteiger charge is 2.04. The monoisotopic (exact) mass is 172 g/mol. The number of carbonyl (C=O) groups is 2. The Labute approximate surface area is 73.1 Å². The van der Waals surface area contributed by atoms with E-state index in [1.165, 1.54) is 6.92 Å². The SMILES string of the molecule is CCCCOCC(=O)CC(C)=O. The van der Waals surface area contributed by atoms with Gasteiger partial charge in [-0.2, -0.15) is 0 Å². The van der Waals surface area contributed by atoms with E-state index in [1.54, 1.807) is 0 Å². The molecule has 0 aliphatic heterocycles. The zero-order valence-electron chi connectivity index (χ0n) is 7.76. The van der Waals surface area contributed by atoms with Crippen LogP contribution in [0.15, 0.2) is 0 Å². The largest absolute Gasteiger partial charge is 0.374 e. The van der Waals surface area contributed by atoms with Gasteiger partial charge in [-0.3, -0.25) is 9.59 Å². The van der Waals surface area contributed by atoms with E-state index in [4.69, 9.17) is 4.74 Å². The standard InChI is InChI=1S/C9H16O3/c1-3-4-5-12-7-9(11)6-8(2)10/h3-7H2,1-2H3. The lowest BCUT2D eigenvalue weighted by Crippen LogP contribution is -2.12. The second-order valence-corrected chi connectivity index (χ2v) is 2.82. The number of rotatable bonds is 7. The Morgan fingerprint density at radius 1 is 1.33 bits per heavy atom. The molecule has 0 aromatic rings. The fraction of sp³-hybridized carbons (Fsp3) is 0.778. The Morgan fingerprint density at radius 2 is 2.00 bits per heavy atom. The smallest absolute Gasteiger partial charge is 0.165 e. The van der Waals surface area contributed by atoms with E-state index in [1.807, 2.05) is 0 Å². The first-order chi connectivity index (χ1) is 5.66. The van der Waals surface area contributed by atoms with E-state index in [-0.39, 0.29) is 24.6 Å².